The standard InChI is InChI=1S/C20H17F3N2O4/c1-12-3-5-13(6-4-12)16(26)11-25-17(27)19(2,24-18(25)28)14-7-9-15(10-8-14)29-20(21,22)23/h3-10H,11H2,1-2H3,(H,24,28). The van der Waals surface area contributed by atoms with Gasteiger partial charge in [-0.05, 0) is 31.5 Å². The summed E-state index contributed by atoms with van der Waals surface area (Å²) >= 11 is 0. The molecule has 1 aliphatic heterocycles. The van der Waals surface area contributed by atoms with Gasteiger partial charge in [0.1, 0.15) is 11.3 Å². The zero-order valence-corrected chi connectivity index (χ0v) is 15.5. The molecule has 3 amide bonds. The largest absolute Gasteiger partial charge is 0.573 e. The molecule has 1 unspecified atom stereocenters. The Hall–Kier alpha value is -3.36. The van der Waals surface area contributed by atoms with Crippen LogP contribution in [-0.2, 0) is 10.3 Å². The number of Topliss-reactive ketones (excluding diaryl/α,β-unsaturated/α-hetero) is 1. The number of benzene rings is 2. The van der Waals surface area contributed by atoms with Crippen molar-refractivity contribution in [1.29, 1.82) is 0 Å². The minimum atomic E-state index is -4.84. The molecule has 0 radical (unpaired) electrons. The van der Waals surface area contributed by atoms with Crippen LogP contribution in [0.5, 0.6) is 5.75 Å². The molecule has 9 heteroatoms. The summed E-state index contributed by atoms with van der Waals surface area (Å²) in [5.74, 6) is -1.54. The molecule has 0 aromatic heterocycles. The third-order valence-electron chi connectivity index (χ3n) is 4.62. The number of imide groups is 1. The summed E-state index contributed by atoms with van der Waals surface area (Å²) in [4.78, 5) is 38.4. The number of ether oxygens (including phenoxy) is 1. The van der Waals surface area contributed by atoms with Crippen molar-refractivity contribution >= 4 is 17.7 Å². The number of halogens is 3. The summed E-state index contributed by atoms with van der Waals surface area (Å²) in [6.45, 7) is 2.84. The molecule has 0 aliphatic carbocycles. The summed E-state index contributed by atoms with van der Waals surface area (Å²) in [5.41, 5.74) is 0.0673. The number of carbonyl (C=O) groups excluding carboxylic acids is 3. The van der Waals surface area contributed by atoms with Crippen molar-refractivity contribution in [2.24, 2.45) is 0 Å². The number of carbonyl (C=O) groups is 3. The van der Waals surface area contributed by atoms with E-state index in [9.17, 15) is 27.6 Å². The average molecular weight is 406 g/mol. The van der Waals surface area contributed by atoms with Gasteiger partial charge < -0.3 is 10.1 Å². The SMILES string of the molecule is Cc1ccc(C(=O)CN2C(=O)NC(C)(c3ccc(OC(F)(F)F)cc3)C2=O)cc1. The summed E-state index contributed by atoms with van der Waals surface area (Å²) < 4.78 is 40.7. The molecule has 29 heavy (non-hydrogen) atoms. The summed E-state index contributed by atoms with van der Waals surface area (Å²) in [6.07, 6.45) is -4.84. The Morgan fingerprint density at radius 2 is 1.66 bits per heavy atom. The molecule has 1 aliphatic rings. The lowest BCUT2D eigenvalue weighted by molar-refractivity contribution is -0.274. The van der Waals surface area contributed by atoms with Crippen LogP contribution in [0.4, 0.5) is 18.0 Å². The van der Waals surface area contributed by atoms with Gasteiger partial charge in [0.25, 0.3) is 5.91 Å². The van der Waals surface area contributed by atoms with Crippen LogP contribution in [0, 0.1) is 6.92 Å². The fourth-order valence-electron chi connectivity index (χ4n) is 3.00. The zero-order valence-electron chi connectivity index (χ0n) is 15.5. The van der Waals surface area contributed by atoms with E-state index in [-0.39, 0.29) is 5.56 Å². The highest BCUT2D eigenvalue weighted by Crippen LogP contribution is 2.31. The second kappa shape index (κ2) is 7.23. The highest BCUT2D eigenvalue weighted by molar-refractivity contribution is 6.11. The number of rotatable bonds is 5. The molecule has 6 nitrogen and oxygen atoms in total. The number of nitrogens with one attached hydrogen (secondary N) is 1. The smallest absolute Gasteiger partial charge is 0.406 e. The molecule has 1 heterocycles. The van der Waals surface area contributed by atoms with Gasteiger partial charge in [0, 0.05) is 5.56 Å². The summed E-state index contributed by atoms with van der Waals surface area (Å²) in [7, 11) is 0. The number of hydrogen-bond donors (Lipinski definition) is 1. The number of amides is 3. The fourth-order valence-corrected chi connectivity index (χ4v) is 3.00. The Morgan fingerprint density at radius 1 is 1.07 bits per heavy atom. The molecule has 0 bridgehead atoms. The number of hydrogen-bond acceptors (Lipinski definition) is 4. The van der Waals surface area contributed by atoms with E-state index in [2.05, 4.69) is 10.1 Å². The Balaban J connectivity index is 1.78. The van der Waals surface area contributed by atoms with Gasteiger partial charge in [-0.2, -0.15) is 0 Å². The van der Waals surface area contributed by atoms with E-state index in [4.69, 9.17) is 0 Å². The lowest BCUT2D eigenvalue weighted by Gasteiger charge is -2.22. The molecule has 3 rings (SSSR count). The third kappa shape index (κ3) is 4.23. The van der Waals surface area contributed by atoms with Gasteiger partial charge in [-0.1, -0.05) is 42.0 Å². The quantitative estimate of drug-likeness (QED) is 0.609. The topological polar surface area (TPSA) is 75.7 Å². The lowest BCUT2D eigenvalue weighted by Crippen LogP contribution is -2.41. The number of ketones is 1. The van der Waals surface area contributed by atoms with Gasteiger partial charge >= 0.3 is 12.4 Å². The molecule has 2 aromatic carbocycles. The maximum absolute atomic E-state index is 12.9. The number of urea groups is 1. The van der Waals surface area contributed by atoms with Gasteiger partial charge in [-0.25, -0.2) is 4.79 Å². The van der Waals surface area contributed by atoms with Gasteiger partial charge in [0.2, 0.25) is 0 Å². The first-order valence-corrected chi connectivity index (χ1v) is 8.60. The van der Waals surface area contributed by atoms with E-state index in [0.717, 1.165) is 22.6 Å². The monoisotopic (exact) mass is 406 g/mol. The van der Waals surface area contributed by atoms with Crippen molar-refractivity contribution in [3.05, 3.63) is 65.2 Å². The first-order chi connectivity index (χ1) is 13.5. The van der Waals surface area contributed by atoms with Crippen molar-refractivity contribution in [3.63, 3.8) is 0 Å². The van der Waals surface area contributed by atoms with E-state index in [1.165, 1.54) is 19.1 Å². The van der Waals surface area contributed by atoms with Crippen LogP contribution in [-0.4, -0.2) is 35.5 Å². The van der Waals surface area contributed by atoms with E-state index in [0.29, 0.717) is 5.56 Å². The van der Waals surface area contributed by atoms with Crippen LogP contribution < -0.4 is 10.1 Å². The minimum absolute atomic E-state index is 0.260. The molecule has 2 aromatic rings. The fraction of sp³-hybridized carbons (Fsp3) is 0.250. The van der Waals surface area contributed by atoms with Crippen LogP contribution in [0.2, 0.25) is 0 Å². The predicted molar refractivity (Wildman–Crippen MR) is 96.2 cm³/mol. The van der Waals surface area contributed by atoms with Crippen LogP contribution in [0.3, 0.4) is 0 Å². The Bertz CT molecular complexity index is 955. The van der Waals surface area contributed by atoms with Crippen LogP contribution in [0.1, 0.15) is 28.4 Å². The van der Waals surface area contributed by atoms with Crippen molar-refractivity contribution in [1.82, 2.24) is 10.2 Å². The van der Waals surface area contributed by atoms with E-state index in [1.807, 2.05) is 6.92 Å². The molecule has 1 saturated heterocycles. The number of alkyl halides is 3. The summed E-state index contributed by atoms with van der Waals surface area (Å²) in [6, 6.07) is 10.6. The van der Waals surface area contributed by atoms with E-state index < -0.39 is 41.9 Å². The van der Waals surface area contributed by atoms with Gasteiger partial charge in [0.15, 0.2) is 5.78 Å². The van der Waals surface area contributed by atoms with Gasteiger partial charge in [-0.3, -0.25) is 14.5 Å². The molecule has 1 atom stereocenters. The van der Waals surface area contributed by atoms with Gasteiger partial charge in [0.05, 0.1) is 6.54 Å². The first-order valence-electron chi connectivity index (χ1n) is 8.60. The van der Waals surface area contributed by atoms with Crippen LogP contribution in [0.25, 0.3) is 0 Å². The third-order valence-corrected chi connectivity index (χ3v) is 4.62. The average Bonchev–Trinajstić information content (AvgIpc) is 2.85. The van der Waals surface area contributed by atoms with Crippen LogP contribution >= 0.6 is 0 Å². The Morgan fingerprint density at radius 3 is 2.21 bits per heavy atom. The van der Waals surface area contributed by atoms with Crippen LogP contribution in [0.15, 0.2) is 48.5 Å². The normalized spacial score (nSPS) is 19.3. The van der Waals surface area contributed by atoms with Crippen molar-refractivity contribution < 1.29 is 32.3 Å². The minimum Gasteiger partial charge on any atom is -0.406 e. The number of aryl methyl sites for hydroxylation is 1. The van der Waals surface area contributed by atoms with Crippen molar-refractivity contribution in [2.45, 2.75) is 25.7 Å². The molecular weight excluding hydrogens is 389 g/mol. The molecule has 152 valence electrons. The highest BCUT2D eigenvalue weighted by atomic mass is 19.4. The lowest BCUT2D eigenvalue weighted by atomic mass is 9.92. The molecular formula is C20H17F3N2O4. The second-order valence-corrected chi connectivity index (χ2v) is 6.81. The van der Waals surface area contributed by atoms with Crippen molar-refractivity contribution in [3.8, 4) is 5.75 Å². The highest BCUT2D eigenvalue weighted by Gasteiger charge is 2.49. The maximum atomic E-state index is 12.9. The first kappa shape index (κ1) is 20.4. The van der Waals surface area contributed by atoms with E-state index in [1.54, 1.807) is 24.3 Å². The predicted octanol–water partition coefficient (Wildman–Crippen LogP) is 3.54. The maximum Gasteiger partial charge on any atom is 0.573 e. The molecule has 1 fully saturated rings. The van der Waals surface area contributed by atoms with Gasteiger partial charge in [-0.15, -0.1) is 13.2 Å². The summed E-state index contributed by atoms with van der Waals surface area (Å²) in [5, 5.41) is 2.50. The zero-order chi connectivity index (χ0) is 21.4. The molecule has 0 saturated carbocycles. The Kier molecular flexibility index (Phi) is 5.08. The second-order valence-electron chi connectivity index (χ2n) is 6.81. The molecule has 0 spiro atoms. The Labute approximate surface area is 164 Å². The van der Waals surface area contributed by atoms with Crippen molar-refractivity contribution in [2.75, 3.05) is 6.54 Å². The number of nitrogens with zero attached hydrogens (tertiary/aromatic N) is 1. The van der Waals surface area contributed by atoms with E-state index >= 15 is 0 Å². The molecule has 1 N–H and O–H groups in total.